The molecule has 0 aliphatic heterocycles. The van der Waals surface area contributed by atoms with Gasteiger partial charge in [-0.3, -0.25) is 0 Å². The van der Waals surface area contributed by atoms with E-state index in [4.69, 9.17) is 0 Å². The van der Waals surface area contributed by atoms with Gasteiger partial charge in [0.1, 0.15) is 0 Å². The highest BCUT2D eigenvalue weighted by Crippen LogP contribution is 2.39. The van der Waals surface area contributed by atoms with Crippen LogP contribution in [-0.4, -0.2) is 0 Å². The molecule has 0 nitrogen and oxygen atoms in total. The molecule has 1 radical (unpaired) electrons. The van der Waals surface area contributed by atoms with E-state index < -0.39 is 0 Å². The Hall–Kier alpha value is -1.56. The van der Waals surface area contributed by atoms with Crippen LogP contribution in [0.3, 0.4) is 0 Å². The summed E-state index contributed by atoms with van der Waals surface area (Å²) < 4.78 is 0. The van der Waals surface area contributed by atoms with Crippen LogP contribution in [0.5, 0.6) is 0 Å². The van der Waals surface area contributed by atoms with Crippen molar-refractivity contribution in [2.75, 3.05) is 0 Å². The third kappa shape index (κ3) is 0.919. The zero-order valence-corrected chi connectivity index (χ0v) is 7.20. The lowest BCUT2D eigenvalue weighted by molar-refractivity contribution is 0.999. The van der Waals surface area contributed by atoms with Crippen LogP contribution in [0, 0.1) is 12.0 Å². The number of allylic oxidation sites excluding steroid dienone is 12. The van der Waals surface area contributed by atoms with Crippen molar-refractivity contribution in [2.24, 2.45) is 5.92 Å². The summed E-state index contributed by atoms with van der Waals surface area (Å²) in [7, 11) is 0. The molecule has 0 heteroatoms. The smallest absolute Gasteiger partial charge is 0.0285 e. The molecular formula is C13H9. The number of hydrogen-bond acceptors (Lipinski definition) is 0. The van der Waals surface area contributed by atoms with Crippen molar-refractivity contribution in [3.63, 3.8) is 0 Å². The molecule has 0 heterocycles. The highest BCUT2D eigenvalue weighted by Gasteiger charge is 2.26. The first-order valence-corrected chi connectivity index (χ1v) is 4.53. The summed E-state index contributed by atoms with van der Waals surface area (Å²) in [5.41, 5.74) is 3.93. The second kappa shape index (κ2) is 2.46. The first-order chi connectivity index (χ1) is 6.45. The lowest BCUT2D eigenvalue weighted by Gasteiger charge is -2.05. The third-order valence-electron chi connectivity index (χ3n) is 2.60. The molecule has 0 aromatic carbocycles. The van der Waals surface area contributed by atoms with E-state index in [2.05, 4.69) is 54.7 Å². The molecule has 0 fully saturated rings. The van der Waals surface area contributed by atoms with Crippen LogP contribution in [0.1, 0.15) is 0 Å². The van der Waals surface area contributed by atoms with Crippen LogP contribution in [0.2, 0.25) is 0 Å². The number of fused-ring (bicyclic) bond motifs is 3. The fourth-order valence-corrected chi connectivity index (χ4v) is 1.97. The Morgan fingerprint density at radius 2 is 2.00 bits per heavy atom. The Kier molecular flexibility index (Phi) is 1.31. The van der Waals surface area contributed by atoms with E-state index in [1.165, 1.54) is 16.7 Å². The second-order valence-corrected chi connectivity index (χ2v) is 3.39. The predicted octanol–water partition coefficient (Wildman–Crippen LogP) is 2.89. The lowest BCUT2D eigenvalue weighted by Crippen LogP contribution is -1.93. The minimum Gasteiger partial charge on any atom is -0.0726 e. The molecule has 1 atom stereocenters. The average Bonchev–Trinajstić information content (AvgIpc) is 2.61. The summed E-state index contributed by atoms with van der Waals surface area (Å²) in [5.74, 6) is 0.474. The molecular weight excluding hydrogens is 156 g/mol. The highest BCUT2D eigenvalue weighted by atomic mass is 14.3. The van der Waals surface area contributed by atoms with Gasteiger partial charge in [-0.1, -0.05) is 48.6 Å². The van der Waals surface area contributed by atoms with Gasteiger partial charge in [0.2, 0.25) is 0 Å². The van der Waals surface area contributed by atoms with E-state index in [-0.39, 0.29) is 0 Å². The maximum absolute atomic E-state index is 3.42. The third-order valence-corrected chi connectivity index (χ3v) is 2.60. The van der Waals surface area contributed by atoms with Crippen molar-refractivity contribution < 1.29 is 0 Å². The van der Waals surface area contributed by atoms with Gasteiger partial charge in [-0.15, -0.1) is 0 Å². The van der Waals surface area contributed by atoms with Crippen molar-refractivity contribution in [2.45, 2.75) is 0 Å². The van der Waals surface area contributed by atoms with Crippen molar-refractivity contribution in [3.8, 4) is 0 Å². The largest absolute Gasteiger partial charge is 0.0726 e. The molecule has 0 spiro atoms. The van der Waals surface area contributed by atoms with Gasteiger partial charge in [-0.25, -0.2) is 0 Å². The Morgan fingerprint density at radius 1 is 1.00 bits per heavy atom. The molecule has 0 N–H and O–H groups in total. The molecule has 3 aliphatic carbocycles. The second-order valence-electron chi connectivity index (χ2n) is 3.39. The SMILES string of the molecule is [C]1=C2C=CC=CC=C2C2C=CC=C12. The molecule has 0 amide bonds. The molecule has 0 saturated heterocycles. The normalized spacial score (nSPS) is 27.7. The monoisotopic (exact) mass is 165 g/mol. The molecule has 0 aromatic rings. The van der Waals surface area contributed by atoms with E-state index >= 15 is 0 Å². The van der Waals surface area contributed by atoms with Gasteiger partial charge >= 0.3 is 0 Å². The summed E-state index contributed by atoms with van der Waals surface area (Å²) in [6.45, 7) is 0. The Balaban J connectivity index is 2.17. The topological polar surface area (TPSA) is 0 Å². The van der Waals surface area contributed by atoms with Crippen LogP contribution in [-0.2, 0) is 0 Å². The van der Waals surface area contributed by atoms with E-state index in [0.29, 0.717) is 5.92 Å². The number of hydrogen-bond donors (Lipinski definition) is 0. The van der Waals surface area contributed by atoms with Crippen molar-refractivity contribution >= 4 is 0 Å². The molecule has 13 heavy (non-hydrogen) atoms. The van der Waals surface area contributed by atoms with Crippen LogP contribution in [0.15, 0.2) is 65.3 Å². The van der Waals surface area contributed by atoms with Gasteiger partial charge in [0.05, 0.1) is 0 Å². The Morgan fingerprint density at radius 3 is 3.00 bits per heavy atom. The van der Waals surface area contributed by atoms with Crippen molar-refractivity contribution in [3.05, 3.63) is 71.4 Å². The Labute approximate surface area is 78.0 Å². The van der Waals surface area contributed by atoms with E-state index in [1.54, 1.807) is 0 Å². The van der Waals surface area contributed by atoms with Crippen LogP contribution >= 0.6 is 0 Å². The summed E-state index contributed by atoms with van der Waals surface area (Å²) >= 11 is 0. The van der Waals surface area contributed by atoms with Gasteiger partial charge < -0.3 is 0 Å². The molecule has 1 unspecified atom stereocenters. The van der Waals surface area contributed by atoms with E-state index in [9.17, 15) is 0 Å². The van der Waals surface area contributed by atoms with E-state index in [0.717, 1.165) is 0 Å². The van der Waals surface area contributed by atoms with Crippen molar-refractivity contribution in [1.82, 2.24) is 0 Å². The zero-order chi connectivity index (χ0) is 8.67. The average molecular weight is 165 g/mol. The van der Waals surface area contributed by atoms with Crippen molar-refractivity contribution in [1.29, 1.82) is 0 Å². The summed E-state index contributed by atoms with van der Waals surface area (Å²) in [4.78, 5) is 0. The van der Waals surface area contributed by atoms with Gasteiger partial charge in [0.25, 0.3) is 0 Å². The molecule has 0 aromatic heterocycles. The lowest BCUT2D eigenvalue weighted by atomic mass is 9.97. The van der Waals surface area contributed by atoms with Gasteiger partial charge in [-0.05, 0) is 22.8 Å². The minimum absolute atomic E-state index is 0.474. The zero-order valence-electron chi connectivity index (χ0n) is 7.20. The van der Waals surface area contributed by atoms with Crippen LogP contribution in [0.25, 0.3) is 0 Å². The van der Waals surface area contributed by atoms with Gasteiger partial charge in [-0.2, -0.15) is 0 Å². The first-order valence-electron chi connectivity index (χ1n) is 4.53. The maximum atomic E-state index is 3.42. The van der Waals surface area contributed by atoms with Crippen LogP contribution < -0.4 is 0 Å². The molecule has 61 valence electrons. The number of rotatable bonds is 0. The minimum atomic E-state index is 0.474. The molecule has 0 saturated carbocycles. The summed E-state index contributed by atoms with van der Waals surface area (Å²) in [6, 6.07) is 0. The quantitative estimate of drug-likeness (QED) is 0.517. The molecule has 0 bridgehead atoms. The fourth-order valence-electron chi connectivity index (χ4n) is 1.97. The molecule has 3 rings (SSSR count). The fraction of sp³-hybridized carbons (Fsp3) is 0.0769. The van der Waals surface area contributed by atoms with Gasteiger partial charge in [0.15, 0.2) is 0 Å². The summed E-state index contributed by atoms with van der Waals surface area (Å²) in [5, 5.41) is 0. The first kappa shape index (κ1) is 6.90. The standard InChI is InChI=1S/C13H9/c1-2-5-10-9-11-6-4-8-13(11)12(10)7-3-1/h1-8,13H. The highest BCUT2D eigenvalue weighted by molar-refractivity contribution is 5.60. The van der Waals surface area contributed by atoms with Gasteiger partial charge in [0, 0.05) is 5.92 Å². The molecule has 3 aliphatic rings. The summed E-state index contributed by atoms with van der Waals surface area (Å²) in [6.07, 6.45) is 20.4. The van der Waals surface area contributed by atoms with Crippen LogP contribution in [0.4, 0.5) is 0 Å². The maximum Gasteiger partial charge on any atom is 0.0285 e. The predicted molar refractivity (Wildman–Crippen MR) is 53.8 cm³/mol. The Bertz CT molecular complexity index is 423. The van der Waals surface area contributed by atoms with E-state index in [1.807, 2.05) is 0 Å².